The molecule has 0 saturated heterocycles. The van der Waals surface area contributed by atoms with Gasteiger partial charge in [-0.1, -0.05) is 6.92 Å². The van der Waals surface area contributed by atoms with Gasteiger partial charge in [0.2, 0.25) is 5.16 Å². The molecule has 0 fully saturated rings. The van der Waals surface area contributed by atoms with E-state index in [-0.39, 0.29) is 10.7 Å². The lowest BCUT2D eigenvalue weighted by molar-refractivity contribution is -0.388. The minimum Gasteiger partial charge on any atom is -0.262 e. The van der Waals surface area contributed by atoms with Crippen molar-refractivity contribution in [3.05, 3.63) is 32.7 Å². The van der Waals surface area contributed by atoms with Crippen molar-refractivity contribution < 1.29 is 4.92 Å². The van der Waals surface area contributed by atoms with E-state index in [1.807, 2.05) is 6.92 Å². The molecule has 2 heterocycles. The molecule has 0 unspecified atom stereocenters. The van der Waals surface area contributed by atoms with E-state index in [0.29, 0.717) is 9.63 Å². The summed E-state index contributed by atoms with van der Waals surface area (Å²) < 4.78 is 0.560. The Morgan fingerprint density at radius 3 is 3.05 bits per heavy atom. The van der Waals surface area contributed by atoms with Gasteiger partial charge in [0, 0.05) is 23.2 Å². The molecule has 0 amide bonds. The number of aromatic amines is 1. The van der Waals surface area contributed by atoms with Crippen LogP contribution in [0.1, 0.15) is 19.2 Å². The van der Waals surface area contributed by atoms with E-state index in [1.54, 1.807) is 0 Å². The van der Waals surface area contributed by atoms with Gasteiger partial charge in [-0.15, -0.1) is 5.10 Å². The van der Waals surface area contributed by atoms with Crippen LogP contribution in [0.5, 0.6) is 0 Å². The van der Waals surface area contributed by atoms with Crippen LogP contribution in [0, 0.1) is 10.1 Å². The fourth-order valence-electron chi connectivity index (χ4n) is 1.38. The Morgan fingerprint density at radius 1 is 1.58 bits per heavy atom. The van der Waals surface area contributed by atoms with Crippen LogP contribution in [0.15, 0.2) is 26.9 Å². The molecule has 19 heavy (non-hydrogen) atoms. The fraction of sp³-hybridized carbons (Fsp3) is 0.300. The predicted octanol–water partition coefficient (Wildman–Crippen LogP) is 2.97. The molecule has 0 atom stereocenters. The zero-order valence-electron chi connectivity index (χ0n) is 9.96. The van der Waals surface area contributed by atoms with Gasteiger partial charge in [-0.2, -0.15) is 0 Å². The number of nitrogens with zero attached hydrogens (tertiary/aromatic N) is 4. The summed E-state index contributed by atoms with van der Waals surface area (Å²) in [4.78, 5) is 18.8. The van der Waals surface area contributed by atoms with Crippen molar-refractivity contribution in [2.75, 3.05) is 0 Å². The second-order valence-electron chi connectivity index (χ2n) is 3.65. The number of aryl methyl sites for hydroxylation is 1. The highest BCUT2D eigenvalue weighted by Crippen LogP contribution is 2.32. The van der Waals surface area contributed by atoms with Crippen LogP contribution in [0.2, 0.25) is 0 Å². The quantitative estimate of drug-likeness (QED) is 0.661. The van der Waals surface area contributed by atoms with E-state index in [9.17, 15) is 10.1 Å². The van der Waals surface area contributed by atoms with Crippen molar-refractivity contribution in [3.8, 4) is 0 Å². The van der Waals surface area contributed by atoms with Crippen molar-refractivity contribution in [1.82, 2.24) is 20.2 Å². The van der Waals surface area contributed by atoms with Crippen molar-refractivity contribution in [2.24, 2.45) is 0 Å². The second-order valence-corrected chi connectivity index (χ2v) is 5.52. The van der Waals surface area contributed by atoms with Gasteiger partial charge in [-0.25, -0.2) is 9.97 Å². The summed E-state index contributed by atoms with van der Waals surface area (Å²) in [6.45, 7) is 2.04. The molecule has 7 nitrogen and oxygen atoms in total. The van der Waals surface area contributed by atoms with E-state index in [0.717, 1.165) is 30.4 Å². The zero-order valence-corrected chi connectivity index (χ0v) is 12.4. The first-order valence-electron chi connectivity index (χ1n) is 5.49. The molecule has 1 N–H and O–H groups in total. The minimum atomic E-state index is -0.473. The van der Waals surface area contributed by atoms with E-state index in [2.05, 4.69) is 36.1 Å². The summed E-state index contributed by atoms with van der Waals surface area (Å²) in [7, 11) is 0. The Kier molecular flexibility index (Phi) is 4.48. The molecule has 0 aromatic carbocycles. The Hall–Kier alpha value is -1.48. The molecule has 0 aliphatic heterocycles. The molecule has 0 bridgehead atoms. The molecule has 2 aromatic rings. The van der Waals surface area contributed by atoms with Gasteiger partial charge in [-0.3, -0.25) is 15.2 Å². The van der Waals surface area contributed by atoms with E-state index in [4.69, 9.17) is 0 Å². The summed E-state index contributed by atoms with van der Waals surface area (Å²) in [6.07, 6.45) is 3.26. The largest absolute Gasteiger partial charge is 0.302 e. The second kappa shape index (κ2) is 6.11. The van der Waals surface area contributed by atoms with Gasteiger partial charge in [0.15, 0.2) is 5.03 Å². The van der Waals surface area contributed by atoms with Gasteiger partial charge in [0.05, 0.1) is 4.92 Å². The number of H-pyrrole nitrogens is 1. The van der Waals surface area contributed by atoms with Crippen molar-refractivity contribution >= 4 is 33.4 Å². The molecular formula is C10H10BrN5O2S. The first kappa shape index (κ1) is 13.9. The van der Waals surface area contributed by atoms with E-state index < -0.39 is 4.92 Å². The molecule has 0 aliphatic rings. The van der Waals surface area contributed by atoms with Gasteiger partial charge in [0.25, 0.3) is 0 Å². The van der Waals surface area contributed by atoms with Crippen LogP contribution in [0.25, 0.3) is 0 Å². The van der Waals surface area contributed by atoms with Gasteiger partial charge >= 0.3 is 5.69 Å². The molecule has 0 spiro atoms. The molecule has 9 heteroatoms. The number of nitro groups is 1. The summed E-state index contributed by atoms with van der Waals surface area (Å²) in [5.74, 6) is 0.768. The normalized spacial score (nSPS) is 10.6. The van der Waals surface area contributed by atoms with Crippen LogP contribution < -0.4 is 0 Å². The number of halogens is 1. The lowest BCUT2D eigenvalue weighted by Crippen LogP contribution is -1.94. The van der Waals surface area contributed by atoms with Crippen LogP contribution in [-0.2, 0) is 6.42 Å². The first-order chi connectivity index (χ1) is 9.10. The summed E-state index contributed by atoms with van der Waals surface area (Å²) >= 11 is 4.23. The Bertz CT molecular complexity index is 603. The Balaban J connectivity index is 2.24. The van der Waals surface area contributed by atoms with E-state index in [1.165, 1.54) is 12.3 Å². The highest BCUT2D eigenvalue weighted by Gasteiger charge is 2.18. The molecule has 0 radical (unpaired) electrons. The van der Waals surface area contributed by atoms with Crippen molar-refractivity contribution in [2.45, 2.75) is 29.9 Å². The molecule has 0 aliphatic carbocycles. The molecule has 2 aromatic heterocycles. The third-order valence-electron chi connectivity index (χ3n) is 2.18. The van der Waals surface area contributed by atoms with Gasteiger partial charge < -0.3 is 0 Å². The minimum absolute atomic E-state index is 0.0683. The van der Waals surface area contributed by atoms with Crippen molar-refractivity contribution in [1.29, 1.82) is 0 Å². The van der Waals surface area contributed by atoms with Gasteiger partial charge in [0.1, 0.15) is 5.82 Å². The average molecular weight is 344 g/mol. The maximum absolute atomic E-state index is 11.0. The van der Waals surface area contributed by atoms with Crippen LogP contribution in [0.4, 0.5) is 5.69 Å². The highest BCUT2D eigenvalue weighted by molar-refractivity contribution is 9.10. The third kappa shape index (κ3) is 3.51. The molecule has 100 valence electrons. The predicted molar refractivity (Wildman–Crippen MR) is 73.1 cm³/mol. The number of nitrogens with one attached hydrogen (secondary N) is 1. The van der Waals surface area contributed by atoms with E-state index >= 15 is 0 Å². The average Bonchev–Trinajstić information content (AvgIpc) is 2.79. The number of hydrogen-bond donors (Lipinski definition) is 1. The van der Waals surface area contributed by atoms with Crippen LogP contribution >= 0.6 is 27.7 Å². The fourth-order valence-corrected chi connectivity index (χ4v) is 2.47. The number of hydrogen-bond acceptors (Lipinski definition) is 6. The van der Waals surface area contributed by atoms with Crippen molar-refractivity contribution in [3.63, 3.8) is 0 Å². The lowest BCUT2D eigenvalue weighted by atomic mass is 10.3. The number of pyridine rings is 1. The smallest absolute Gasteiger partial charge is 0.262 e. The first-order valence-corrected chi connectivity index (χ1v) is 7.10. The summed E-state index contributed by atoms with van der Waals surface area (Å²) in [5.41, 5.74) is -0.0683. The molecular weight excluding hydrogens is 334 g/mol. The molecule has 2 rings (SSSR count). The third-order valence-corrected chi connectivity index (χ3v) is 3.49. The number of aromatic nitrogens is 4. The molecule has 0 saturated carbocycles. The Labute approximate surface area is 121 Å². The van der Waals surface area contributed by atoms with Gasteiger partial charge in [-0.05, 0) is 34.1 Å². The number of rotatable bonds is 5. The topological polar surface area (TPSA) is 97.6 Å². The summed E-state index contributed by atoms with van der Waals surface area (Å²) in [5, 5.41) is 18.5. The summed E-state index contributed by atoms with van der Waals surface area (Å²) in [6, 6.07) is 1.41. The lowest BCUT2D eigenvalue weighted by Gasteiger charge is -1.99. The Morgan fingerprint density at radius 2 is 2.37 bits per heavy atom. The van der Waals surface area contributed by atoms with Crippen LogP contribution in [0.3, 0.4) is 0 Å². The van der Waals surface area contributed by atoms with Crippen LogP contribution in [-0.4, -0.2) is 25.1 Å². The standard InChI is InChI=1S/C10H10BrN5O2S/c1-2-3-8-13-10(15-14-8)19-9-7(16(17)18)4-6(11)5-12-9/h4-5H,2-3H2,1H3,(H,13,14,15). The SMILES string of the molecule is CCCc1nc(Sc2ncc(Br)cc2[N+](=O)[O-])n[nH]1. The monoisotopic (exact) mass is 343 g/mol. The zero-order chi connectivity index (χ0) is 13.8. The maximum Gasteiger partial charge on any atom is 0.302 e. The highest BCUT2D eigenvalue weighted by atomic mass is 79.9. The maximum atomic E-state index is 11.0.